The van der Waals surface area contributed by atoms with Crippen molar-refractivity contribution in [1.82, 2.24) is 15.2 Å². The fraction of sp³-hybridized carbons (Fsp3) is 0.0476. The predicted octanol–water partition coefficient (Wildman–Crippen LogP) is 3.63. The van der Waals surface area contributed by atoms with Crippen molar-refractivity contribution in [2.75, 3.05) is 0 Å². The average molecular weight is 378 g/mol. The molecule has 0 atom stereocenters. The Bertz CT molecular complexity index is 1190. The molecule has 0 fully saturated rings. The fourth-order valence-corrected chi connectivity index (χ4v) is 3.16. The molecule has 1 amide bonds. The van der Waals surface area contributed by atoms with E-state index < -0.39 is 17.5 Å². The number of nitrogen functional groups attached to an aromatic ring is 1. The predicted molar refractivity (Wildman–Crippen MR) is 102 cm³/mol. The molecular weight excluding hydrogens is 362 g/mol. The number of halogens is 2. The van der Waals surface area contributed by atoms with Crippen LogP contribution in [0.3, 0.4) is 0 Å². The Hall–Kier alpha value is -3.58. The van der Waals surface area contributed by atoms with Crippen molar-refractivity contribution >= 4 is 16.8 Å². The molecule has 0 spiro atoms. The maximum absolute atomic E-state index is 14.1. The largest absolute Gasteiger partial charge is 0.290 e. The smallest absolute Gasteiger partial charge is 0.265 e. The molecule has 0 bridgehead atoms. The zero-order valence-electron chi connectivity index (χ0n) is 14.7. The summed E-state index contributed by atoms with van der Waals surface area (Å²) in [7, 11) is 0. The van der Waals surface area contributed by atoms with Crippen molar-refractivity contribution in [2.45, 2.75) is 6.54 Å². The molecule has 1 aromatic heterocycles. The number of para-hydroxylation sites is 1. The Kier molecular flexibility index (Phi) is 4.58. The Morgan fingerprint density at radius 3 is 2.64 bits per heavy atom. The first kappa shape index (κ1) is 17.8. The molecule has 3 aromatic carbocycles. The second-order valence-electron chi connectivity index (χ2n) is 6.31. The monoisotopic (exact) mass is 378 g/mol. The number of hydrogen-bond acceptors (Lipinski definition) is 3. The standard InChI is InChI=1S/C21H16F2N4O/c22-16-9-8-15(18(23)11-16)12-27-19-7-2-1-6-17(19)20(26-27)13-4-3-5-14(10-13)21(28)25-24/h1-11H,12,24H2,(H,25,28). The highest BCUT2D eigenvalue weighted by molar-refractivity contribution is 5.97. The van der Waals surface area contributed by atoms with E-state index in [9.17, 15) is 13.6 Å². The highest BCUT2D eigenvalue weighted by Crippen LogP contribution is 2.29. The lowest BCUT2D eigenvalue weighted by Gasteiger charge is -2.05. The number of nitrogens with two attached hydrogens (primary N) is 1. The second-order valence-corrected chi connectivity index (χ2v) is 6.31. The van der Waals surface area contributed by atoms with E-state index in [1.165, 1.54) is 12.1 Å². The van der Waals surface area contributed by atoms with Crippen LogP contribution < -0.4 is 11.3 Å². The summed E-state index contributed by atoms with van der Waals surface area (Å²) < 4.78 is 29.0. The molecule has 0 aliphatic heterocycles. The first-order chi connectivity index (χ1) is 13.6. The van der Waals surface area contributed by atoms with Gasteiger partial charge in [0.25, 0.3) is 5.91 Å². The number of hydrazine groups is 1. The molecule has 3 N–H and O–H groups in total. The minimum atomic E-state index is -0.623. The Morgan fingerprint density at radius 1 is 1.04 bits per heavy atom. The minimum Gasteiger partial charge on any atom is -0.290 e. The van der Waals surface area contributed by atoms with Gasteiger partial charge in [-0.3, -0.25) is 14.9 Å². The minimum absolute atomic E-state index is 0.148. The molecule has 4 rings (SSSR count). The molecule has 0 saturated heterocycles. The first-order valence-electron chi connectivity index (χ1n) is 8.57. The van der Waals surface area contributed by atoms with E-state index in [1.807, 2.05) is 30.3 Å². The third-order valence-corrected chi connectivity index (χ3v) is 4.52. The molecular formula is C21H16F2N4O. The number of carbonyl (C=O) groups excluding carboxylic acids is 1. The Morgan fingerprint density at radius 2 is 1.86 bits per heavy atom. The van der Waals surface area contributed by atoms with Crippen LogP contribution in [-0.4, -0.2) is 15.7 Å². The van der Waals surface area contributed by atoms with Crippen molar-refractivity contribution in [3.63, 3.8) is 0 Å². The van der Waals surface area contributed by atoms with E-state index in [2.05, 4.69) is 10.5 Å². The van der Waals surface area contributed by atoms with Crippen molar-refractivity contribution in [3.8, 4) is 11.3 Å². The van der Waals surface area contributed by atoms with E-state index in [-0.39, 0.29) is 6.54 Å². The van der Waals surface area contributed by atoms with Gasteiger partial charge in [-0.2, -0.15) is 5.10 Å². The van der Waals surface area contributed by atoms with Crippen molar-refractivity contribution in [3.05, 3.63) is 89.5 Å². The van der Waals surface area contributed by atoms with Gasteiger partial charge in [0.15, 0.2) is 0 Å². The van der Waals surface area contributed by atoms with E-state index in [1.54, 1.807) is 22.9 Å². The first-order valence-corrected chi connectivity index (χ1v) is 8.57. The third-order valence-electron chi connectivity index (χ3n) is 4.52. The fourth-order valence-electron chi connectivity index (χ4n) is 3.16. The number of hydrogen-bond donors (Lipinski definition) is 2. The van der Waals surface area contributed by atoms with E-state index in [0.717, 1.165) is 22.5 Å². The molecule has 0 aliphatic rings. The Balaban J connectivity index is 1.82. The maximum atomic E-state index is 14.1. The third kappa shape index (κ3) is 3.23. The lowest BCUT2D eigenvalue weighted by atomic mass is 10.0. The van der Waals surface area contributed by atoms with Crippen molar-refractivity contribution < 1.29 is 13.6 Å². The lowest BCUT2D eigenvalue weighted by molar-refractivity contribution is 0.0953. The normalized spacial score (nSPS) is 11.0. The summed E-state index contributed by atoms with van der Waals surface area (Å²) in [6.45, 7) is 0.148. The number of nitrogens with one attached hydrogen (secondary N) is 1. The van der Waals surface area contributed by atoms with E-state index in [0.29, 0.717) is 16.8 Å². The zero-order chi connectivity index (χ0) is 19.7. The summed E-state index contributed by atoms with van der Waals surface area (Å²) in [5, 5.41) is 5.49. The van der Waals surface area contributed by atoms with Crippen LogP contribution in [0.15, 0.2) is 66.7 Å². The van der Waals surface area contributed by atoms with Gasteiger partial charge in [0, 0.05) is 28.1 Å². The second kappa shape index (κ2) is 7.21. The molecule has 4 aromatic rings. The van der Waals surface area contributed by atoms with Gasteiger partial charge in [0.2, 0.25) is 0 Å². The average Bonchev–Trinajstić information content (AvgIpc) is 3.08. The van der Waals surface area contributed by atoms with Crippen LogP contribution in [-0.2, 0) is 6.54 Å². The summed E-state index contributed by atoms with van der Waals surface area (Å²) in [5.74, 6) is 3.57. The number of amides is 1. The summed E-state index contributed by atoms with van der Waals surface area (Å²) in [6, 6.07) is 17.9. The van der Waals surface area contributed by atoms with Crippen LogP contribution in [0.1, 0.15) is 15.9 Å². The zero-order valence-corrected chi connectivity index (χ0v) is 14.7. The highest BCUT2D eigenvalue weighted by atomic mass is 19.1. The van der Waals surface area contributed by atoms with Crippen LogP contribution in [0, 0.1) is 11.6 Å². The van der Waals surface area contributed by atoms with Gasteiger partial charge in [-0.05, 0) is 24.3 Å². The summed E-state index contributed by atoms with van der Waals surface area (Å²) in [5.41, 5.74) is 5.04. The number of rotatable bonds is 4. The van der Waals surface area contributed by atoms with E-state index >= 15 is 0 Å². The quantitative estimate of drug-likeness (QED) is 0.324. The van der Waals surface area contributed by atoms with Gasteiger partial charge in [0.1, 0.15) is 17.3 Å². The van der Waals surface area contributed by atoms with E-state index in [4.69, 9.17) is 5.84 Å². The molecule has 5 nitrogen and oxygen atoms in total. The maximum Gasteiger partial charge on any atom is 0.265 e. The molecule has 0 radical (unpaired) electrons. The molecule has 1 heterocycles. The Labute approximate surface area is 159 Å². The molecule has 28 heavy (non-hydrogen) atoms. The molecule has 0 aliphatic carbocycles. The van der Waals surface area contributed by atoms with Gasteiger partial charge >= 0.3 is 0 Å². The van der Waals surface area contributed by atoms with Crippen LogP contribution in [0.5, 0.6) is 0 Å². The summed E-state index contributed by atoms with van der Waals surface area (Å²) >= 11 is 0. The SMILES string of the molecule is NNC(=O)c1cccc(-c2nn(Cc3ccc(F)cc3F)c3ccccc23)c1. The van der Waals surface area contributed by atoms with Gasteiger partial charge in [-0.25, -0.2) is 14.6 Å². The summed E-state index contributed by atoms with van der Waals surface area (Å²) in [6.07, 6.45) is 0. The number of carbonyl (C=O) groups is 1. The number of benzene rings is 3. The van der Waals surface area contributed by atoms with Crippen molar-refractivity contribution in [2.24, 2.45) is 5.84 Å². The van der Waals surface area contributed by atoms with Crippen molar-refractivity contribution in [1.29, 1.82) is 0 Å². The molecule has 0 saturated carbocycles. The van der Waals surface area contributed by atoms with Crippen LogP contribution in [0.2, 0.25) is 0 Å². The van der Waals surface area contributed by atoms with Crippen LogP contribution >= 0.6 is 0 Å². The molecule has 0 unspecified atom stereocenters. The number of nitrogens with zero attached hydrogens (tertiary/aromatic N) is 2. The van der Waals surface area contributed by atoms with Crippen LogP contribution in [0.4, 0.5) is 8.78 Å². The van der Waals surface area contributed by atoms with Gasteiger partial charge < -0.3 is 0 Å². The van der Waals surface area contributed by atoms with Gasteiger partial charge in [-0.15, -0.1) is 0 Å². The van der Waals surface area contributed by atoms with Gasteiger partial charge in [-0.1, -0.05) is 36.4 Å². The van der Waals surface area contributed by atoms with Crippen LogP contribution in [0.25, 0.3) is 22.2 Å². The molecule has 7 heteroatoms. The lowest BCUT2D eigenvalue weighted by Crippen LogP contribution is -2.29. The summed E-state index contributed by atoms with van der Waals surface area (Å²) in [4.78, 5) is 11.8. The molecule has 140 valence electrons. The topological polar surface area (TPSA) is 72.9 Å². The number of fused-ring (bicyclic) bond motifs is 1. The van der Waals surface area contributed by atoms with Gasteiger partial charge in [0.05, 0.1) is 12.1 Å². The highest BCUT2D eigenvalue weighted by Gasteiger charge is 2.15. The number of aromatic nitrogens is 2.